The van der Waals surface area contributed by atoms with Gasteiger partial charge >= 0.3 is 0 Å². The third-order valence-corrected chi connectivity index (χ3v) is 7.97. The first-order chi connectivity index (χ1) is 19.1. The zero-order valence-corrected chi connectivity index (χ0v) is 23.5. The third kappa shape index (κ3) is 3.54. The van der Waals surface area contributed by atoms with E-state index in [0.29, 0.717) is 50.4 Å². The van der Waals surface area contributed by atoms with Crippen molar-refractivity contribution in [2.45, 2.75) is 31.5 Å². The lowest BCUT2D eigenvalue weighted by atomic mass is 9.80. The molecule has 4 heterocycles. The van der Waals surface area contributed by atoms with E-state index < -0.39 is 23.5 Å². The van der Waals surface area contributed by atoms with Crippen LogP contribution in [0, 0.1) is 5.82 Å². The fourth-order valence-corrected chi connectivity index (χ4v) is 6.29. The van der Waals surface area contributed by atoms with Gasteiger partial charge in [-0.25, -0.2) is 9.37 Å². The van der Waals surface area contributed by atoms with E-state index in [-0.39, 0.29) is 16.6 Å². The van der Waals surface area contributed by atoms with Crippen LogP contribution in [0.25, 0.3) is 5.69 Å². The Morgan fingerprint density at radius 2 is 1.80 bits per heavy atom. The summed E-state index contributed by atoms with van der Waals surface area (Å²) in [7, 11) is 3.04. The Morgan fingerprint density at radius 3 is 2.50 bits per heavy atom. The number of hydrogen-bond donors (Lipinski definition) is 2. The van der Waals surface area contributed by atoms with Gasteiger partial charge in [0.1, 0.15) is 22.8 Å². The maximum Gasteiger partial charge on any atom is 0.261 e. The number of halogens is 3. The molecule has 8 nitrogen and oxygen atoms in total. The number of aromatic nitrogens is 2. The average Bonchev–Trinajstić information content (AvgIpc) is 3.53. The van der Waals surface area contributed by atoms with Gasteiger partial charge in [-0.05, 0) is 36.2 Å². The summed E-state index contributed by atoms with van der Waals surface area (Å²) >= 11 is 12.6. The molecule has 0 bridgehead atoms. The van der Waals surface area contributed by atoms with E-state index in [1.54, 1.807) is 36.7 Å². The van der Waals surface area contributed by atoms with Crippen LogP contribution in [0.2, 0.25) is 10.0 Å². The molecule has 6 rings (SSSR count). The van der Waals surface area contributed by atoms with Crippen molar-refractivity contribution in [1.82, 2.24) is 9.55 Å². The molecule has 4 aromatic rings. The Kier molecular flexibility index (Phi) is 6.21. The number of nitrogens with one attached hydrogen (secondary N) is 1. The number of nitrogens with zero attached hydrogens (tertiary/aromatic N) is 3. The number of anilines is 2. The van der Waals surface area contributed by atoms with Gasteiger partial charge in [0.2, 0.25) is 5.88 Å². The molecule has 1 unspecified atom stereocenters. The first-order valence-corrected chi connectivity index (χ1v) is 13.3. The van der Waals surface area contributed by atoms with Gasteiger partial charge in [-0.1, -0.05) is 43.1 Å². The van der Waals surface area contributed by atoms with Gasteiger partial charge in [0.15, 0.2) is 6.23 Å². The molecule has 0 fully saturated rings. The minimum atomic E-state index is -1.55. The smallest absolute Gasteiger partial charge is 0.261 e. The van der Waals surface area contributed by atoms with Crippen LogP contribution in [0.5, 0.6) is 11.6 Å². The number of methoxy groups -OCH3 is 2. The van der Waals surface area contributed by atoms with Crippen molar-refractivity contribution in [2.75, 3.05) is 24.4 Å². The van der Waals surface area contributed by atoms with Crippen molar-refractivity contribution in [1.29, 1.82) is 0 Å². The first kappa shape index (κ1) is 26.4. The topological polar surface area (TPSA) is 88.9 Å². The van der Waals surface area contributed by atoms with Crippen LogP contribution in [0.3, 0.4) is 0 Å². The number of fused-ring (bicyclic) bond motifs is 4. The van der Waals surface area contributed by atoms with E-state index in [4.69, 9.17) is 32.7 Å². The maximum absolute atomic E-state index is 15.5. The van der Waals surface area contributed by atoms with E-state index >= 15 is 4.39 Å². The van der Waals surface area contributed by atoms with Crippen LogP contribution in [0.4, 0.5) is 15.8 Å². The van der Waals surface area contributed by atoms with Crippen molar-refractivity contribution in [3.8, 4) is 17.3 Å². The molecule has 0 radical (unpaired) electrons. The van der Waals surface area contributed by atoms with Crippen LogP contribution in [0.1, 0.15) is 46.9 Å². The molecular weight excluding hydrogens is 558 g/mol. The number of aliphatic hydroxyl groups is 1. The summed E-state index contributed by atoms with van der Waals surface area (Å²) in [6.07, 6.45) is 1.93. The van der Waals surface area contributed by atoms with Crippen LogP contribution < -0.4 is 19.7 Å². The number of carbonyl (C=O) groups excluding carboxylic acids is 1. The second-order valence-corrected chi connectivity index (χ2v) is 10.8. The molecule has 1 spiro atoms. The van der Waals surface area contributed by atoms with E-state index in [1.165, 1.54) is 37.3 Å². The van der Waals surface area contributed by atoms with Crippen molar-refractivity contribution >= 4 is 40.5 Å². The van der Waals surface area contributed by atoms with Gasteiger partial charge < -0.3 is 24.5 Å². The highest BCUT2D eigenvalue weighted by Gasteiger charge is 2.62. The summed E-state index contributed by atoms with van der Waals surface area (Å²) < 4.78 is 28.2. The lowest BCUT2D eigenvalue weighted by molar-refractivity contribution is 0.0918. The summed E-state index contributed by atoms with van der Waals surface area (Å²) in [5, 5.41) is 15.6. The van der Waals surface area contributed by atoms with Gasteiger partial charge in [0.05, 0.1) is 31.7 Å². The standard InChI is InChI=1S/C29H25Cl2FN4O4/c1-14(2)26-25-17(13-35(26)22-12-33-24(40-4)11-23(22)39-3)27(37)36(21-10-16(31)6-8-19(21)32)29(25)18-7-5-15(30)9-20(18)34-28(29)38/h5-14,28,34,38H,1-4H3/t28?,29-/m0/s1. The van der Waals surface area contributed by atoms with Gasteiger partial charge in [-0.3, -0.25) is 9.69 Å². The molecule has 40 heavy (non-hydrogen) atoms. The van der Waals surface area contributed by atoms with E-state index in [2.05, 4.69) is 10.3 Å². The third-order valence-electron chi connectivity index (χ3n) is 7.50. The monoisotopic (exact) mass is 582 g/mol. The van der Waals surface area contributed by atoms with Gasteiger partial charge in [0.25, 0.3) is 5.91 Å². The van der Waals surface area contributed by atoms with Gasteiger partial charge in [0, 0.05) is 44.8 Å². The second kappa shape index (κ2) is 9.40. The largest absolute Gasteiger partial charge is 0.494 e. The lowest BCUT2D eigenvalue weighted by Crippen LogP contribution is -2.53. The highest BCUT2D eigenvalue weighted by molar-refractivity contribution is 6.31. The predicted octanol–water partition coefficient (Wildman–Crippen LogP) is 6.11. The Balaban J connectivity index is 1.72. The number of amides is 1. The number of pyridine rings is 1. The second-order valence-electron chi connectivity index (χ2n) is 9.97. The molecule has 0 saturated heterocycles. The van der Waals surface area contributed by atoms with Gasteiger partial charge in [-0.15, -0.1) is 0 Å². The molecule has 0 saturated carbocycles. The summed E-state index contributed by atoms with van der Waals surface area (Å²) in [6, 6.07) is 10.8. The fourth-order valence-electron chi connectivity index (χ4n) is 5.95. The molecule has 11 heteroatoms. The number of rotatable bonds is 5. The van der Waals surface area contributed by atoms with E-state index in [1.807, 2.05) is 18.4 Å². The molecule has 2 aliphatic heterocycles. The van der Waals surface area contributed by atoms with Crippen LogP contribution in [-0.4, -0.2) is 41.0 Å². The first-order valence-electron chi connectivity index (χ1n) is 12.5. The summed E-state index contributed by atoms with van der Waals surface area (Å²) in [5.41, 5.74) is 1.60. The molecule has 2 atom stereocenters. The number of ether oxygens (including phenoxy) is 2. The lowest BCUT2D eigenvalue weighted by Gasteiger charge is -2.40. The Labute approximate surface area is 239 Å². The Morgan fingerprint density at radius 1 is 1.07 bits per heavy atom. The number of benzene rings is 2. The Bertz CT molecular complexity index is 1690. The van der Waals surface area contributed by atoms with Crippen LogP contribution >= 0.6 is 23.2 Å². The zero-order valence-electron chi connectivity index (χ0n) is 22.0. The fraction of sp³-hybridized carbons (Fsp3) is 0.241. The minimum Gasteiger partial charge on any atom is -0.494 e. The molecule has 2 aromatic heterocycles. The van der Waals surface area contributed by atoms with Crippen LogP contribution in [-0.2, 0) is 5.54 Å². The summed E-state index contributed by atoms with van der Waals surface area (Å²) in [4.78, 5) is 20.0. The zero-order chi connectivity index (χ0) is 28.5. The van der Waals surface area contributed by atoms with Gasteiger partial charge in [-0.2, -0.15) is 0 Å². The molecule has 2 aliphatic rings. The van der Waals surface area contributed by atoms with Crippen molar-refractivity contribution < 1.29 is 23.8 Å². The van der Waals surface area contributed by atoms with Crippen molar-refractivity contribution in [3.05, 3.63) is 93.1 Å². The minimum absolute atomic E-state index is 0.0534. The maximum atomic E-state index is 15.5. The summed E-state index contributed by atoms with van der Waals surface area (Å²) in [5.74, 6) is -0.479. The summed E-state index contributed by atoms with van der Waals surface area (Å²) in [6.45, 7) is 3.96. The van der Waals surface area contributed by atoms with Crippen molar-refractivity contribution in [3.63, 3.8) is 0 Å². The molecule has 206 valence electrons. The highest BCUT2D eigenvalue weighted by Crippen LogP contribution is 2.57. The highest BCUT2D eigenvalue weighted by atomic mass is 35.5. The molecular formula is C29H25Cl2FN4O4. The SMILES string of the molecule is COc1cc(OC)c(-n2cc3c(c2C(C)C)[C@]2(c4ccc(Cl)cc4NC2O)N(c2cc(Cl)ccc2F)C3=O)cn1. The number of aliphatic hydroxyl groups excluding tert-OH is 1. The quantitative estimate of drug-likeness (QED) is 0.295. The molecule has 2 aromatic carbocycles. The van der Waals surface area contributed by atoms with E-state index in [9.17, 15) is 9.90 Å². The molecule has 0 aliphatic carbocycles. The molecule has 1 amide bonds. The number of carbonyl (C=O) groups is 1. The average molecular weight is 583 g/mol. The van der Waals surface area contributed by atoms with Crippen molar-refractivity contribution in [2.24, 2.45) is 0 Å². The van der Waals surface area contributed by atoms with E-state index in [0.717, 1.165) is 0 Å². The normalized spacial score (nSPS) is 19.3. The van der Waals surface area contributed by atoms with Crippen LogP contribution in [0.15, 0.2) is 54.9 Å². The Hall–Kier alpha value is -3.79. The predicted molar refractivity (Wildman–Crippen MR) is 151 cm³/mol. The molecule has 2 N–H and O–H groups in total. The number of hydrogen-bond acceptors (Lipinski definition) is 6.